The van der Waals surface area contributed by atoms with E-state index in [1.807, 2.05) is 0 Å². The Kier molecular flexibility index (Phi) is 4.35. The quantitative estimate of drug-likeness (QED) is 0.858. The van der Waals surface area contributed by atoms with Gasteiger partial charge in [0.1, 0.15) is 6.54 Å². The molecule has 0 spiro atoms. The fourth-order valence-corrected chi connectivity index (χ4v) is 3.76. The second kappa shape index (κ2) is 5.70. The molecule has 0 aliphatic carbocycles. The smallest absolute Gasteiger partial charge is 0.335 e. The van der Waals surface area contributed by atoms with E-state index in [0.29, 0.717) is 30.2 Å². The first-order chi connectivity index (χ1) is 9.31. The molecule has 2 N–H and O–H groups in total. The summed E-state index contributed by atoms with van der Waals surface area (Å²) in [6.07, 6.45) is -1.74. The molecule has 20 heavy (non-hydrogen) atoms. The minimum atomic E-state index is -4.59. The summed E-state index contributed by atoms with van der Waals surface area (Å²) in [7, 11) is -4.22. The highest BCUT2D eigenvalue weighted by Crippen LogP contribution is 2.26. The molecule has 114 valence electrons. The lowest BCUT2D eigenvalue weighted by Crippen LogP contribution is -2.49. The van der Waals surface area contributed by atoms with Crippen molar-refractivity contribution in [3.05, 3.63) is 12.5 Å². The van der Waals surface area contributed by atoms with Crippen molar-refractivity contribution in [3.63, 3.8) is 0 Å². The molecule has 0 bridgehead atoms. The van der Waals surface area contributed by atoms with E-state index in [4.69, 9.17) is 0 Å². The van der Waals surface area contributed by atoms with Crippen LogP contribution in [0.15, 0.2) is 17.6 Å². The summed E-state index contributed by atoms with van der Waals surface area (Å²) in [5.41, 5.74) is 0. The third kappa shape index (κ3) is 3.49. The summed E-state index contributed by atoms with van der Waals surface area (Å²) in [5.74, 6) is 0. The largest absolute Gasteiger partial charge is 0.402 e. The second-order valence-electron chi connectivity index (χ2n) is 4.56. The normalized spacial score (nSPS) is 18.6. The van der Waals surface area contributed by atoms with Crippen molar-refractivity contribution in [3.8, 4) is 0 Å². The Hall–Kier alpha value is -1.13. The van der Waals surface area contributed by atoms with E-state index < -0.39 is 28.8 Å². The van der Waals surface area contributed by atoms with Gasteiger partial charge in [-0.1, -0.05) is 0 Å². The molecule has 2 rings (SSSR count). The van der Waals surface area contributed by atoms with E-state index in [1.54, 1.807) is 0 Å². The first-order valence-corrected chi connectivity index (χ1v) is 7.52. The number of piperidine rings is 1. The molecule has 1 fully saturated rings. The van der Waals surface area contributed by atoms with Crippen LogP contribution in [0, 0.1) is 0 Å². The molecule has 1 aromatic rings. The van der Waals surface area contributed by atoms with Gasteiger partial charge in [0, 0.05) is 6.04 Å². The van der Waals surface area contributed by atoms with Gasteiger partial charge in [-0.05, 0) is 25.9 Å². The maximum Gasteiger partial charge on any atom is 0.402 e. The number of hydrogen-bond acceptors (Lipinski definition) is 4. The van der Waals surface area contributed by atoms with Crippen LogP contribution < -0.4 is 5.32 Å². The van der Waals surface area contributed by atoms with Crippen molar-refractivity contribution in [1.82, 2.24) is 19.6 Å². The highest BCUT2D eigenvalue weighted by molar-refractivity contribution is 7.89. The van der Waals surface area contributed by atoms with Crippen LogP contribution in [0.2, 0.25) is 0 Å². The van der Waals surface area contributed by atoms with Gasteiger partial charge in [0.25, 0.3) is 10.0 Å². The Morgan fingerprint density at radius 3 is 2.50 bits per heavy atom. The maximum absolute atomic E-state index is 12.7. The van der Waals surface area contributed by atoms with E-state index in [-0.39, 0.29) is 5.03 Å². The maximum atomic E-state index is 12.7. The van der Waals surface area contributed by atoms with E-state index in [2.05, 4.69) is 15.3 Å². The molecule has 0 saturated carbocycles. The lowest BCUT2D eigenvalue weighted by atomic mass is 10.1. The fourth-order valence-electron chi connectivity index (χ4n) is 2.19. The Bertz CT molecular complexity index is 523. The molecule has 0 radical (unpaired) electrons. The van der Waals surface area contributed by atoms with E-state index in [0.717, 1.165) is 12.5 Å². The highest BCUT2D eigenvalue weighted by atomic mass is 32.2. The number of nitrogens with zero attached hydrogens (tertiary/aromatic N) is 2. The van der Waals surface area contributed by atoms with Crippen molar-refractivity contribution < 1.29 is 21.6 Å². The number of halogens is 3. The lowest BCUT2D eigenvalue weighted by Gasteiger charge is -2.33. The lowest BCUT2D eigenvalue weighted by molar-refractivity contribution is -0.140. The number of aromatic amines is 1. The molecule has 6 nitrogen and oxygen atoms in total. The number of imidazole rings is 1. The molecule has 1 saturated heterocycles. The number of sulfonamides is 1. The molecule has 1 aliphatic heterocycles. The average Bonchev–Trinajstić information content (AvgIpc) is 2.90. The zero-order valence-electron chi connectivity index (χ0n) is 10.5. The van der Waals surface area contributed by atoms with E-state index in [9.17, 15) is 21.6 Å². The summed E-state index contributed by atoms with van der Waals surface area (Å²) >= 11 is 0. The molecule has 0 aromatic carbocycles. The monoisotopic (exact) mass is 312 g/mol. The van der Waals surface area contributed by atoms with E-state index in [1.165, 1.54) is 0 Å². The van der Waals surface area contributed by atoms with Crippen LogP contribution in [0.3, 0.4) is 0 Å². The molecule has 10 heteroatoms. The van der Waals surface area contributed by atoms with Crippen molar-refractivity contribution in [2.45, 2.75) is 30.1 Å². The summed E-state index contributed by atoms with van der Waals surface area (Å²) < 4.78 is 63.2. The summed E-state index contributed by atoms with van der Waals surface area (Å²) in [6, 6.07) is -0.661. The van der Waals surface area contributed by atoms with Crippen molar-refractivity contribution in [1.29, 1.82) is 0 Å². The van der Waals surface area contributed by atoms with Gasteiger partial charge in [0.2, 0.25) is 0 Å². The van der Waals surface area contributed by atoms with Crippen LogP contribution in [-0.4, -0.2) is 54.5 Å². The average molecular weight is 312 g/mol. The summed E-state index contributed by atoms with van der Waals surface area (Å²) in [4.78, 5) is 5.92. The Morgan fingerprint density at radius 2 is 2.00 bits per heavy atom. The summed E-state index contributed by atoms with van der Waals surface area (Å²) in [5, 5.41) is 2.68. The number of aromatic nitrogens is 2. The SMILES string of the molecule is O=S(=O)(c1cnc[nH]1)N(CC(F)(F)F)C1CCNCC1. The fraction of sp³-hybridized carbons (Fsp3) is 0.700. The number of alkyl halides is 3. The molecular weight excluding hydrogens is 297 g/mol. The van der Waals surface area contributed by atoms with Gasteiger partial charge >= 0.3 is 6.18 Å². The van der Waals surface area contributed by atoms with Gasteiger partial charge in [-0.3, -0.25) is 0 Å². The third-order valence-corrected chi connectivity index (χ3v) is 4.93. The third-order valence-electron chi connectivity index (χ3n) is 3.11. The number of rotatable bonds is 4. The van der Waals surface area contributed by atoms with Crippen molar-refractivity contribution in [2.75, 3.05) is 19.6 Å². The first kappa shape index (κ1) is 15.3. The molecule has 2 heterocycles. The van der Waals surface area contributed by atoms with Crippen LogP contribution in [0.1, 0.15) is 12.8 Å². The van der Waals surface area contributed by atoms with Gasteiger partial charge in [0.15, 0.2) is 5.03 Å². The standard InChI is InChI=1S/C10H15F3N4O2S/c11-10(12,13)6-17(8-1-3-14-4-2-8)20(18,19)9-5-15-7-16-9/h5,7-8,14H,1-4,6H2,(H,15,16). The number of nitrogens with one attached hydrogen (secondary N) is 2. The van der Waals surface area contributed by atoms with Gasteiger partial charge in [-0.25, -0.2) is 13.4 Å². The Labute approximate surface area is 114 Å². The summed E-state index contributed by atoms with van der Waals surface area (Å²) in [6.45, 7) is -0.492. The molecule has 0 amide bonds. The molecular formula is C10H15F3N4O2S. The second-order valence-corrected chi connectivity index (χ2v) is 6.42. The van der Waals surface area contributed by atoms with Crippen LogP contribution in [0.4, 0.5) is 13.2 Å². The van der Waals surface area contributed by atoms with Crippen LogP contribution in [0.5, 0.6) is 0 Å². The zero-order valence-corrected chi connectivity index (χ0v) is 11.3. The zero-order chi connectivity index (χ0) is 14.8. The van der Waals surface area contributed by atoms with Crippen LogP contribution in [-0.2, 0) is 10.0 Å². The van der Waals surface area contributed by atoms with E-state index >= 15 is 0 Å². The molecule has 1 aliphatic rings. The Balaban J connectivity index is 2.30. The minimum Gasteiger partial charge on any atom is -0.335 e. The first-order valence-electron chi connectivity index (χ1n) is 6.08. The number of H-pyrrole nitrogens is 1. The topological polar surface area (TPSA) is 78.1 Å². The van der Waals surface area contributed by atoms with Crippen LogP contribution in [0.25, 0.3) is 0 Å². The van der Waals surface area contributed by atoms with Crippen LogP contribution >= 0.6 is 0 Å². The number of hydrogen-bond donors (Lipinski definition) is 2. The highest BCUT2D eigenvalue weighted by Gasteiger charge is 2.41. The van der Waals surface area contributed by atoms with Gasteiger partial charge in [-0.15, -0.1) is 0 Å². The minimum absolute atomic E-state index is 0.319. The predicted molar refractivity (Wildman–Crippen MR) is 64.4 cm³/mol. The Morgan fingerprint density at radius 1 is 1.35 bits per heavy atom. The van der Waals surface area contributed by atoms with Crippen molar-refractivity contribution in [2.24, 2.45) is 0 Å². The molecule has 0 atom stereocenters. The van der Waals surface area contributed by atoms with Crippen molar-refractivity contribution >= 4 is 10.0 Å². The predicted octanol–water partition coefficient (Wildman–Crippen LogP) is 0.715. The van der Waals surface area contributed by atoms with Gasteiger partial charge < -0.3 is 10.3 Å². The van der Waals surface area contributed by atoms with Gasteiger partial charge in [-0.2, -0.15) is 17.5 Å². The molecule has 0 unspecified atom stereocenters. The van der Waals surface area contributed by atoms with Gasteiger partial charge in [0.05, 0.1) is 12.5 Å². The molecule has 1 aromatic heterocycles.